The Hall–Kier alpha value is -2.81. The Morgan fingerprint density at radius 1 is 1.22 bits per heavy atom. The van der Waals surface area contributed by atoms with Crippen LogP contribution in [0.2, 0.25) is 0 Å². The number of hydrogen-bond acceptors (Lipinski definition) is 5. The van der Waals surface area contributed by atoms with Gasteiger partial charge in [0.15, 0.2) is 17.2 Å². The SMILES string of the molecule is N#C/C(=C\c1ccc(O)c(O)c1)C1(NCc2ccccc2)CO1. The Balaban J connectivity index is 1.78. The molecule has 0 aromatic heterocycles. The number of rotatable bonds is 5. The van der Waals surface area contributed by atoms with Gasteiger partial charge in [0.25, 0.3) is 0 Å². The average molecular weight is 308 g/mol. The van der Waals surface area contributed by atoms with E-state index in [0.29, 0.717) is 24.3 Å². The van der Waals surface area contributed by atoms with Gasteiger partial charge in [-0.1, -0.05) is 36.4 Å². The molecule has 0 amide bonds. The van der Waals surface area contributed by atoms with Gasteiger partial charge >= 0.3 is 0 Å². The fourth-order valence-electron chi connectivity index (χ4n) is 2.30. The Morgan fingerprint density at radius 2 is 1.96 bits per heavy atom. The van der Waals surface area contributed by atoms with Gasteiger partial charge in [0.2, 0.25) is 0 Å². The minimum absolute atomic E-state index is 0.194. The van der Waals surface area contributed by atoms with E-state index in [2.05, 4.69) is 11.4 Å². The molecule has 1 atom stereocenters. The summed E-state index contributed by atoms with van der Waals surface area (Å²) in [6.45, 7) is 1.00. The first-order valence-corrected chi connectivity index (χ1v) is 7.20. The van der Waals surface area contributed by atoms with Crippen molar-refractivity contribution in [1.82, 2.24) is 5.32 Å². The van der Waals surface area contributed by atoms with Crippen LogP contribution in [0.15, 0.2) is 54.1 Å². The second-order valence-electron chi connectivity index (χ2n) is 5.37. The summed E-state index contributed by atoms with van der Waals surface area (Å²) in [6.07, 6.45) is 1.64. The Bertz CT molecular complexity index is 775. The first kappa shape index (κ1) is 15.1. The van der Waals surface area contributed by atoms with Crippen molar-refractivity contribution < 1.29 is 14.9 Å². The van der Waals surface area contributed by atoms with Crippen LogP contribution in [0, 0.1) is 11.3 Å². The number of nitrogens with zero attached hydrogens (tertiary/aromatic N) is 1. The van der Waals surface area contributed by atoms with Crippen molar-refractivity contribution in [2.45, 2.75) is 12.3 Å². The Labute approximate surface area is 134 Å². The largest absolute Gasteiger partial charge is 0.504 e. The summed E-state index contributed by atoms with van der Waals surface area (Å²) in [4.78, 5) is 0. The summed E-state index contributed by atoms with van der Waals surface area (Å²) < 4.78 is 5.48. The van der Waals surface area contributed by atoms with E-state index in [1.165, 1.54) is 12.1 Å². The number of ether oxygens (including phenoxy) is 1. The Morgan fingerprint density at radius 3 is 2.57 bits per heavy atom. The topological polar surface area (TPSA) is 88.8 Å². The maximum absolute atomic E-state index is 9.55. The summed E-state index contributed by atoms with van der Waals surface area (Å²) in [5, 5.41) is 31.6. The molecule has 0 spiro atoms. The van der Waals surface area contributed by atoms with E-state index in [-0.39, 0.29) is 11.5 Å². The van der Waals surface area contributed by atoms with Gasteiger partial charge in [-0.25, -0.2) is 0 Å². The molecule has 1 aliphatic heterocycles. The van der Waals surface area contributed by atoms with Crippen LogP contribution in [-0.4, -0.2) is 22.5 Å². The monoisotopic (exact) mass is 308 g/mol. The van der Waals surface area contributed by atoms with E-state index in [9.17, 15) is 15.5 Å². The van der Waals surface area contributed by atoms with Crippen LogP contribution in [0.3, 0.4) is 0 Å². The minimum Gasteiger partial charge on any atom is -0.504 e. The first-order chi connectivity index (χ1) is 11.1. The second-order valence-corrected chi connectivity index (χ2v) is 5.37. The van der Waals surface area contributed by atoms with Gasteiger partial charge in [-0.3, -0.25) is 5.32 Å². The molecule has 0 saturated carbocycles. The summed E-state index contributed by atoms with van der Waals surface area (Å²) in [7, 11) is 0. The third kappa shape index (κ3) is 3.34. The molecule has 23 heavy (non-hydrogen) atoms. The third-order valence-corrected chi connectivity index (χ3v) is 3.72. The zero-order valence-corrected chi connectivity index (χ0v) is 12.4. The van der Waals surface area contributed by atoms with Gasteiger partial charge in [-0.05, 0) is 29.3 Å². The zero-order chi connectivity index (χ0) is 16.3. The number of benzene rings is 2. The van der Waals surface area contributed by atoms with Crippen LogP contribution >= 0.6 is 0 Å². The van der Waals surface area contributed by atoms with Crippen molar-refractivity contribution in [2.24, 2.45) is 0 Å². The fourth-order valence-corrected chi connectivity index (χ4v) is 2.30. The Kier molecular flexibility index (Phi) is 4.02. The van der Waals surface area contributed by atoms with Gasteiger partial charge in [-0.2, -0.15) is 5.26 Å². The molecular weight excluding hydrogens is 292 g/mol. The van der Waals surface area contributed by atoms with E-state index in [1.54, 1.807) is 12.1 Å². The number of aromatic hydroxyl groups is 2. The van der Waals surface area contributed by atoms with Crippen molar-refractivity contribution in [2.75, 3.05) is 6.61 Å². The molecule has 1 fully saturated rings. The quantitative estimate of drug-likeness (QED) is 0.449. The van der Waals surface area contributed by atoms with Crippen molar-refractivity contribution in [3.63, 3.8) is 0 Å². The molecule has 1 unspecified atom stereocenters. The van der Waals surface area contributed by atoms with E-state index in [4.69, 9.17) is 4.74 Å². The number of phenols is 2. The number of nitriles is 1. The lowest BCUT2D eigenvalue weighted by molar-refractivity contribution is 0.296. The van der Waals surface area contributed by atoms with Gasteiger partial charge < -0.3 is 14.9 Å². The van der Waals surface area contributed by atoms with E-state index in [1.807, 2.05) is 30.3 Å². The van der Waals surface area contributed by atoms with Gasteiger partial charge in [0, 0.05) is 6.54 Å². The van der Waals surface area contributed by atoms with Crippen molar-refractivity contribution in [3.8, 4) is 17.6 Å². The standard InChI is InChI=1S/C18H16N2O3/c19-10-15(8-14-6-7-16(21)17(22)9-14)18(12-23-18)20-11-13-4-2-1-3-5-13/h1-9,20-22H,11-12H2/b15-8+. The molecule has 2 aromatic carbocycles. The van der Waals surface area contributed by atoms with E-state index in [0.717, 1.165) is 5.56 Å². The highest BCUT2D eigenvalue weighted by atomic mass is 16.6. The molecule has 116 valence electrons. The highest BCUT2D eigenvalue weighted by molar-refractivity contribution is 5.63. The van der Waals surface area contributed by atoms with Gasteiger partial charge in [0.1, 0.15) is 0 Å². The molecule has 3 rings (SSSR count). The molecule has 1 aliphatic rings. The maximum Gasteiger partial charge on any atom is 0.179 e. The summed E-state index contributed by atoms with van der Waals surface area (Å²) in [6, 6.07) is 16.4. The molecule has 1 heterocycles. The van der Waals surface area contributed by atoms with E-state index >= 15 is 0 Å². The molecular formula is C18H16N2O3. The fraction of sp³-hybridized carbons (Fsp3) is 0.167. The number of nitrogens with one attached hydrogen (secondary N) is 1. The summed E-state index contributed by atoms with van der Waals surface area (Å²) in [5.41, 5.74) is 1.37. The molecule has 3 N–H and O–H groups in total. The van der Waals surface area contributed by atoms with Crippen LogP contribution < -0.4 is 5.32 Å². The minimum atomic E-state index is -0.780. The lowest BCUT2D eigenvalue weighted by atomic mass is 10.0. The van der Waals surface area contributed by atoms with Crippen LogP contribution in [0.1, 0.15) is 11.1 Å². The average Bonchev–Trinajstić information content (AvgIpc) is 3.36. The highest BCUT2D eigenvalue weighted by Crippen LogP contribution is 2.34. The van der Waals surface area contributed by atoms with Crippen molar-refractivity contribution in [3.05, 3.63) is 65.2 Å². The maximum atomic E-state index is 9.55. The molecule has 5 nitrogen and oxygen atoms in total. The van der Waals surface area contributed by atoms with Crippen LogP contribution in [0.25, 0.3) is 6.08 Å². The second kappa shape index (κ2) is 6.13. The number of hydrogen-bond donors (Lipinski definition) is 3. The normalized spacial score (nSPS) is 20.0. The number of phenolic OH excluding ortho intramolecular Hbond substituents is 2. The molecule has 0 radical (unpaired) electrons. The smallest absolute Gasteiger partial charge is 0.179 e. The third-order valence-electron chi connectivity index (χ3n) is 3.72. The van der Waals surface area contributed by atoms with E-state index < -0.39 is 5.72 Å². The lowest BCUT2D eigenvalue weighted by Gasteiger charge is -2.13. The molecule has 0 bridgehead atoms. The molecule has 0 aliphatic carbocycles. The predicted octanol–water partition coefficient (Wildman–Crippen LogP) is 2.52. The molecule has 1 saturated heterocycles. The number of epoxide rings is 1. The van der Waals surface area contributed by atoms with Gasteiger partial charge in [-0.15, -0.1) is 0 Å². The zero-order valence-electron chi connectivity index (χ0n) is 12.4. The summed E-state index contributed by atoms with van der Waals surface area (Å²) in [5.74, 6) is -0.417. The van der Waals surface area contributed by atoms with Crippen LogP contribution in [-0.2, 0) is 11.3 Å². The van der Waals surface area contributed by atoms with Crippen LogP contribution in [0.4, 0.5) is 0 Å². The predicted molar refractivity (Wildman–Crippen MR) is 85.3 cm³/mol. The molecule has 5 heteroatoms. The summed E-state index contributed by atoms with van der Waals surface area (Å²) >= 11 is 0. The van der Waals surface area contributed by atoms with Crippen molar-refractivity contribution >= 4 is 6.08 Å². The molecule has 2 aromatic rings. The van der Waals surface area contributed by atoms with Crippen LogP contribution in [0.5, 0.6) is 11.5 Å². The van der Waals surface area contributed by atoms with Crippen molar-refractivity contribution in [1.29, 1.82) is 5.26 Å². The first-order valence-electron chi connectivity index (χ1n) is 7.20. The van der Waals surface area contributed by atoms with Gasteiger partial charge in [0.05, 0.1) is 18.2 Å². The highest BCUT2D eigenvalue weighted by Gasteiger charge is 2.48. The lowest BCUT2D eigenvalue weighted by Crippen LogP contribution is -2.34.